The summed E-state index contributed by atoms with van der Waals surface area (Å²) in [6.07, 6.45) is 7.87. The minimum absolute atomic E-state index is 0.00986. The number of carbonyl (C=O) groups excluding carboxylic acids is 1. The summed E-state index contributed by atoms with van der Waals surface area (Å²) in [6.45, 7) is 2.53. The summed E-state index contributed by atoms with van der Waals surface area (Å²) in [4.78, 5) is 16.5. The summed E-state index contributed by atoms with van der Waals surface area (Å²) in [6, 6.07) is 2.80. The highest BCUT2D eigenvalue weighted by atomic mass is 16.3. The number of nitriles is 1. The van der Waals surface area contributed by atoms with E-state index < -0.39 is 5.54 Å². The minimum atomic E-state index is -0.622. The first-order valence-corrected chi connectivity index (χ1v) is 8.58. The van der Waals surface area contributed by atoms with Crippen LogP contribution in [0.15, 0.2) is 0 Å². The quantitative estimate of drug-likeness (QED) is 0.861. The molecule has 0 spiro atoms. The molecule has 0 aromatic carbocycles. The fourth-order valence-corrected chi connectivity index (χ4v) is 3.98. The van der Waals surface area contributed by atoms with E-state index >= 15 is 0 Å². The van der Waals surface area contributed by atoms with Crippen molar-refractivity contribution in [2.24, 2.45) is 0 Å². The molecule has 2 atom stereocenters. The Balaban J connectivity index is 2.05. The van der Waals surface area contributed by atoms with Crippen molar-refractivity contribution in [1.82, 2.24) is 9.80 Å². The standard InChI is InChI=1S/C17H29N3O2/c1-14-7-6-8-15(12-21)20(14)11-16(22)19(2)17(13-18)9-4-3-5-10-17/h14-15,21H,3-12H2,1-2H3. The van der Waals surface area contributed by atoms with E-state index in [1.54, 1.807) is 11.9 Å². The number of amides is 1. The van der Waals surface area contributed by atoms with Gasteiger partial charge in [0.05, 0.1) is 19.2 Å². The second-order valence-electron chi connectivity index (χ2n) is 6.95. The van der Waals surface area contributed by atoms with Crippen molar-refractivity contribution in [2.45, 2.75) is 75.9 Å². The van der Waals surface area contributed by atoms with Crippen LogP contribution < -0.4 is 0 Å². The Bertz CT molecular complexity index is 426. The van der Waals surface area contributed by atoms with Crippen LogP contribution in [0.1, 0.15) is 58.3 Å². The number of hydrogen-bond acceptors (Lipinski definition) is 4. The minimum Gasteiger partial charge on any atom is -0.395 e. The molecule has 0 aromatic heterocycles. The molecule has 1 aliphatic heterocycles. The Morgan fingerprint density at radius 1 is 1.32 bits per heavy atom. The second-order valence-corrected chi connectivity index (χ2v) is 6.95. The fourth-order valence-electron chi connectivity index (χ4n) is 3.98. The third-order valence-corrected chi connectivity index (χ3v) is 5.63. The fraction of sp³-hybridized carbons (Fsp3) is 0.882. The zero-order valence-corrected chi connectivity index (χ0v) is 13.9. The maximum atomic E-state index is 12.7. The highest BCUT2D eigenvalue weighted by Gasteiger charge is 2.40. The van der Waals surface area contributed by atoms with Gasteiger partial charge in [-0.05, 0) is 32.6 Å². The smallest absolute Gasteiger partial charge is 0.237 e. The first-order valence-electron chi connectivity index (χ1n) is 8.58. The molecule has 124 valence electrons. The molecule has 2 rings (SSSR count). The number of piperidine rings is 1. The van der Waals surface area contributed by atoms with Gasteiger partial charge in [0, 0.05) is 19.1 Å². The molecule has 5 heteroatoms. The van der Waals surface area contributed by atoms with Crippen LogP contribution in [0.4, 0.5) is 0 Å². The van der Waals surface area contributed by atoms with Crippen LogP contribution in [-0.2, 0) is 4.79 Å². The van der Waals surface area contributed by atoms with Gasteiger partial charge in [-0.3, -0.25) is 9.69 Å². The molecule has 2 fully saturated rings. The first-order chi connectivity index (χ1) is 10.5. The number of rotatable bonds is 4. The summed E-state index contributed by atoms with van der Waals surface area (Å²) < 4.78 is 0. The van der Waals surface area contributed by atoms with Gasteiger partial charge in [-0.25, -0.2) is 0 Å². The van der Waals surface area contributed by atoms with Gasteiger partial charge in [0.15, 0.2) is 0 Å². The van der Waals surface area contributed by atoms with Crippen molar-refractivity contribution < 1.29 is 9.90 Å². The molecule has 22 heavy (non-hydrogen) atoms. The number of likely N-dealkylation sites (N-methyl/N-ethyl adjacent to an activating group) is 1. The Morgan fingerprint density at radius 3 is 2.59 bits per heavy atom. The summed E-state index contributed by atoms with van der Waals surface area (Å²) >= 11 is 0. The number of carbonyl (C=O) groups is 1. The SMILES string of the molecule is CC1CCCC(CO)N1CC(=O)N(C)C1(C#N)CCCCC1. The van der Waals surface area contributed by atoms with Crippen molar-refractivity contribution in [3.8, 4) is 6.07 Å². The zero-order valence-electron chi connectivity index (χ0n) is 13.9. The third-order valence-electron chi connectivity index (χ3n) is 5.63. The molecule has 1 saturated carbocycles. The highest BCUT2D eigenvalue weighted by molar-refractivity contribution is 5.79. The lowest BCUT2D eigenvalue weighted by Gasteiger charge is -2.43. The summed E-state index contributed by atoms with van der Waals surface area (Å²) in [5.74, 6) is 0.00986. The van der Waals surface area contributed by atoms with Gasteiger partial charge in [0.2, 0.25) is 5.91 Å². The van der Waals surface area contributed by atoms with Gasteiger partial charge >= 0.3 is 0 Å². The van der Waals surface area contributed by atoms with Crippen LogP contribution in [0.2, 0.25) is 0 Å². The van der Waals surface area contributed by atoms with Gasteiger partial charge in [0.1, 0.15) is 5.54 Å². The lowest BCUT2D eigenvalue weighted by Crippen LogP contribution is -2.56. The molecule has 1 amide bonds. The monoisotopic (exact) mass is 307 g/mol. The van der Waals surface area contributed by atoms with Gasteiger partial charge in [0.25, 0.3) is 0 Å². The molecule has 1 N–H and O–H groups in total. The Labute approximate surface area is 133 Å². The van der Waals surface area contributed by atoms with E-state index in [-0.39, 0.29) is 18.6 Å². The Hall–Kier alpha value is -1.12. The number of likely N-dealkylation sites (tertiary alicyclic amines) is 1. The van der Waals surface area contributed by atoms with E-state index in [2.05, 4.69) is 17.9 Å². The molecule has 2 unspecified atom stereocenters. The molecule has 1 heterocycles. The highest BCUT2D eigenvalue weighted by Crippen LogP contribution is 2.33. The maximum absolute atomic E-state index is 12.7. The van der Waals surface area contributed by atoms with E-state index in [1.165, 1.54) is 0 Å². The van der Waals surface area contributed by atoms with E-state index in [1.807, 2.05) is 0 Å². The summed E-state index contributed by atoms with van der Waals surface area (Å²) in [7, 11) is 1.78. The molecule has 0 aromatic rings. The van der Waals surface area contributed by atoms with Crippen LogP contribution in [0, 0.1) is 11.3 Å². The lowest BCUT2D eigenvalue weighted by molar-refractivity contribution is -0.138. The zero-order chi connectivity index (χ0) is 16.2. The Kier molecular flexibility index (Phi) is 5.82. The van der Waals surface area contributed by atoms with Crippen LogP contribution >= 0.6 is 0 Å². The average molecular weight is 307 g/mol. The number of nitrogens with zero attached hydrogens (tertiary/aromatic N) is 3. The Morgan fingerprint density at radius 2 is 2.00 bits per heavy atom. The van der Waals surface area contributed by atoms with E-state index in [4.69, 9.17) is 0 Å². The van der Waals surface area contributed by atoms with Crippen molar-refractivity contribution in [3.63, 3.8) is 0 Å². The van der Waals surface area contributed by atoms with Crippen molar-refractivity contribution in [3.05, 3.63) is 0 Å². The van der Waals surface area contributed by atoms with Gasteiger partial charge in [-0.1, -0.05) is 25.7 Å². The lowest BCUT2D eigenvalue weighted by atomic mass is 9.81. The van der Waals surface area contributed by atoms with Crippen LogP contribution in [0.3, 0.4) is 0 Å². The van der Waals surface area contributed by atoms with E-state index in [0.29, 0.717) is 12.6 Å². The van der Waals surface area contributed by atoms with Gasteiger partial charge in [-0.15, -0.1) is 0 Å². The number of aliphatic hydroxyl groups is 1. The summed E-state index contributed by atoms with van der Waals surface area (Å²) in [5, 5.41) is 19.2. The second kappa shape index (κ2) is 7.43. The number of hydrogen-bond donors (Lipinski definition) is 1. The van der Waals surface area contributed by atoms with Gasteiger partial charge < -0.3 is 10.0 Å². The van der Waals surface area contributed by atoms with E-state index in [0.717, 1.165) is 51.4 Å². The topological polar surface area (TPSA) is 67.6 Å². The van der Waals surface area contributed by atoms with Crippen LogP contribution in [-0.4, -0.2) is 58.6 Å². The predicted molar refractivity (Wildman–Crippen MR) is 85.1 cm³/mol. The van der Waals surface area contributed by atoms with Crippen molar-refractivity contribution in [2.75, 3.05) is 20.2 Å². The molecule has 1 saturated heterocycles. The summed E-state index contributed by atoms with van der Waals surface area (Å²) in [5.41, 5.74) is -0.622. The van der Waals surface area contributed by atoms with Crippen LogP contribution in [0.25, 0.3) is 0 Å². The maximum Gasteiger partial charge on any atom is 0.237 e. The molecule has 2 aliphatic rings. The van der Waals surface area contributed by atoms with E-state index in [9.17, 15) is 15.2 Å². The third kappa shape index (κ3) is 3.44. The molecular weight excluding hydrogens is 278 g/mol. The van der Waals surface area contributed by atoms with Gasteiger partial charge in [-0.2, -0.15) is 5.26 Å². The van der Waals surface area contributed by atoms with Crippen molar-refractivity contribution >= 4 is 5.91 Å². The molecule has 1 aliphatic carbocycles. The molecular formula is C17H29N3O2. The number of aliphatic hydroxyl groups excluding tert-OH is 1. The molecule has 0 bridgehead atoms. The van der Waals surface area contributed by atoms with Crippen LogP contribution in [0.5, 0.6) is 0 Å². The normalized spacial score (nSPS) is 28.8. The van der Waals surface area contributed by atoms with Crippen molar-refractivity contribution in [1.29, 1.82) is 5.26 Å². The molecule has 5 nitrogen and oxygen atoms in total. The average Bonchev–Trinajstić information content (AvgIpc) is 2.56. The predicted octanol–water partition coefficient (Wildman–Crippen LogP) is 1.91. The molecule has 0 radical (unpaired) electrons. The first kappa shape index (κ1) is 17.2. The largest absolute Gasteiger partial charge is 0.395 e.